The monoisotopic (exact) mass is 586 g/mol. The van der Waals surface area contributed by atoms with Gasteiger partial charge >= 0.3 is 0 Å². The van der Waals surface area contributed by atoms with Crippen molar-refractivity contribution in [3.05, 3.63) is 0 Å². The highest BCUT2D eigenvalue weighted by atomic mass is 16.6. The molecule has 3 aliphatic heterocycles. The second-order valence-corrected chi connectivity index (χ2v) is 10.6. The normalized spacial score (nSPS) is 46.4. The maximum Gasteiger partial charge on any atom is 0.114 e. The van der Waals surface area contributed by atoms with Gasteiger partial charge in [-0.1, -0.05) is 6.92 Å². The Morgan fingerprint density at radius 3 is 1.50 bits per heavy atom. The standard InChI is InChI=1S/C25H46O15/c1-4-12-19(28)18(27)11(13(5-26)38-12)6-36-8-14-20(29)23(32)21(30)15(39-14)9-37-10-16-22(31)24(33)25(35-3)17(40-16)7-34-2/h11-33H,4-10H2,1-3H3. The Bertz CT molecular complexity index is 730. The molecule has 0 aliphatic carbocycles. The molecule has 40 heavy (non-hydrogen) atoms. The number of ether oxygens (including phenoxy) is 7. The number of methoxy groups -OCH3 is 2. The molecule has 3 rings (SSSR count). The van der Waals surface area contributed by atoms with Crippen LogP contribution < -0.4 is 0 Å². The molecule has 3 aliphatic rings. The Hall–Kier alpha value is -0.600. The van der Waals surface area contributed by atoms with Crippen molar-refractivity contribution in [2.75, 3.05) is 53.9 Å². The van der Waals surface area contributed by atoms with E-state index < -0.39 is 98.0 Å². The molecule has 3 fully saturated rings. The van der Waals surface area contributed by atoms with Crippen molar-refractivity contribution in [2.24, 2.45) is 5.92 Å². The fourth-order valence-corrected chi connectivity index (χ4v) is 5.49. The van der Waals surface area contributed by atoms with Crippen LogP contribution in [0, 0.1) is 5.92 Å². The first-order chi connectivity index (χ1) is 19.1. The van der Waals surface area contributed by atoms with Gasteiger partial charge in [0.05, 0.1) is 58.0 Å². The van der Waals surface area contributed by atoms with Crippen LogP contribution in [0.3, 0.4) is 0 Å². The fraction of sp³-hybridized carbons (Fsp3) is 1.00. The van der Waals surface area contributed by atoms with Crippen LogP contribution in [0.4, 0.5) is 0 Å². The third-order valence-corrected chi connectivity index (χ3v) is 7.93. The zero-order chi connectivity index (χ0) is 29.6. The van der Waals surface area contributed by atoms with Crippen molar-refractivity contribution in [1.29, 1.82) is 0 Å². The minimum Gasteiger partial charge on any atom is -0.394 e. The van der Waals surface area contributed by atoms with Gasteiger partial charge in [-0.25, -0.2) is 0 Å². The first kappa shape index (κ1) is 33.9. The van der Waals surface area contributed by atoms with E-state index in [1.54, 1.807) is 6.92 Å². The van der Waals surface area contributed by atoms with Crippen molar-refractivity contribution < 1.29 is 74.0 Å². The van der Waals surface area contributed by atoms with E-state index in [1.807, 2.05) is 0 Å². The van der Waals surface area contributed by atoms with E-state index in [2.05, 4.69) is 0 Å². The summed E-state index contributed by atoms with van der Waals surface area (Å²) in [4.78, 5) is 0. The molecule has 0 aromatic rings. The fourth-order valence-electron chi connectivity index (χ4n) is 5.49. The zero-order valence-corrected chi connectivity index (χ0v) is 23.0. The minimum absolute atomic E-state index is 0.107. The highest BCUT2D eigenvalue weighted by molar-refractivity contribution is 4.95. The van der Waals surface area contributed by atoms with Crippen LogP contribution in [0.15, 0.2) is 0 Å². The molecule has 15 atom stereocenters. The Morgan fingerprint density at radius 1 is 0.525 bits per heavy atom. The molecule has 0 bridgehead atoms. The number of aliphatic hydroxyl groups excluding tert-OH is 8. The van der Waals surface area contributed by atoms with Gasteiger partial charge < -0.3 is 74.0 Å². The van der Waals surface area contributed by atoms with Crippen molar-refractivity contribution in [3.8, 4) is 0 Å². The topological polar surface area (TPSA) is 226 Å². The van der Waals surface area contributed by atoms with E-state index in [4.69, 9.17) is 33.2 Å². The van der Waals surface area contributed by atoms with Crippen molar-refractivity contribution in [2.45, 2.75) is 98.8 Å². The van der Waals surface area contributed by atoms with Gasteiger partial charge in [0.1, 0.15) is 67.1 Å². The molecular formula is C25H46O15. The van der Waals surface area contributed by atoms with Crippen LogP contribution in [0.1, 0.15) is 13.3 Å². The summed E-state index contributed by atoms with van der Waals surface area (Å²) >= 11 is 0. The third-order valence-electron chi connectivity index (χ3n) is 7.93. The van der Waals surface area contributed by atoms with Crippen LogP contribution in [0.2, 0.25) is 0 Å². The molecule has 15 heteroatoms. The molecule has 15 unspecified atom stereocenters. The maximum absolute atomic E-state index is 10.5. The van der Waals surface area contributed by atoms with Gasteiger partial charge in [0, 0.05) is 20.1 Å². The Morgan fingerprint density at radius 2 is 1.00 bits per heavy atom. The number of hydrogen-bond donors (Lipinski definition) is 8. The first-order valence-electron chi connectivity index (χ1n) is 13.6. The summed E-state index contributed by atoms with van der Waals surface area (Å²) in [6.07, 6.45) is -15.0. The van der Waals surface area contributed by atoms with Crippen LogP contribution in [0.5, 0.6) is 0 Å². The highest BCUT2D eigenvalue weighted by Gasteiger charge is 2.47. The predicted octanol–water partition coefficient (Wildman–Crippen LogP) is -4.47. The molecule has 0 saturated carbocycles. The summed E-state index contributed by atoms with van der Waals surface area (Å²) in [5.41, 5.74) is 0. The average Bonchev–Trinajstić information content (AvgIpc) is 2.94. The summed E-state index contributed by atoms with van der Waals surface area (Å²) in [6, 6.07) is 0. The first-order valence-corrected chi connectivity index (χ1v) is 13.6. The summed E-state index contributed by atoms with van der Waals surface area (Å²) in [5.74, 6) is -0.755. The van der Waals surface area contributed by atoms with Crippen LogP contribution in [0.25, 0.3) is 0 Å². The summed E-state index contributed by atoms with van der Waals surface area (Å²) in [6.45, 7) is 0.673. The lowest BCUT2D eigenvalue weighted by molar-refractivity contribution is -0.261. The molecule has 3 saturated heterocycles. The molecule has 15 nitrogen and oxygen atoms in total. The third kappa shape index (κ3) is 7.67. The molecule has 236 valence electrons. The van der Waals surface area contributed by atoms with Crippen LogP contribution in [-0.4, -0.2) is 180 Å². The van der Waals surface area contributed by atoms with Gasteiger partial charge in [0.25, 0.3) is 0 Å². The van der Waals surface area contributed by atoms with E-state index in [0.717, 1.165) is 0 Å². The maximum atomic E-state index is 10.5. The SMILES string of the molecule is CCC1OC(CO)C(COCC2OC(COCC3OC(COC)C(OC)C(O)C3O)C(O)C(O)C2O)C(O)C1O. The van der Waals surface area contributed by atoms with Crippen LogP contribution in [-0.2, 0) is 33.2 Å². The average molecular weight is 587 g/mol. The molecule has 3 heterocycles. The van der Waals surface area contributed by atoms with E-state index >= 15 is 0 Å². The molecular weight excluding hydrogens is 540 g/mol. The van der Waals surface area contributed by atoms with E-state index in [1.165, 1.54) is 14.2 Å². The summed E-state index contributed by atoms with van der Waals surface area (Å²) < 4.78 is 38.7. The van der Waals surface area contributed by atoms with E-state index in [0.29, 0.717) is 6.42 Å². The number of hydrogen-bond acceptors (Lipinski definition) is 15. The molecule has 8 N–H and O–H groups in total. The molecule has 0 aromatic heterocycles. The van der Waals surface area contributed by atoms with Gasteiger partial charge in [-0.05, 0) is 6.42 Å². The van der Waals surface area contributed by atoms with Crippen LogP contribution >= 0.6 is 0 Å². The molecule has 0 amide bonds. The van der Waals surface area contributed by atoms with Crippen molar-refractivity contribution in [3.63, 3.8) is 0 Å². The quantitative estimate of drug-likeness (QED) is 0.102. The Kier molecular flexibility index (Phi) is 13.3. The molecule has 0 spiro atoms. The summed E-state index contributed by atoms with van der Waals surface area (Å²) in [7, 11) is 2.84. The lowest BCUT2D eigenvalue weighted by atomic mass is 9.86. The Labute approximate surface area is 233 Å². The van der Waals surface area contributed by atoms with Gasteiger partial charge in [-0.2, -0.15) is 0 Å². The lowest BCUT2D eigenvalue weighted by Gasteiger charge is -2.43. The van der Waals surface area contributed by atoms with Gasteiger partial charge in [-0.15, -0.1) is 0 Å². The minimum atomic E-state index is -1.58. The lowest BCUT2D eigenvalue weighted by Crippen LogP contribution is -2.61. The van der Waals surface area contributed by atoms with Gasteiger partial charge in [0.15, 0.2) is 0 Å². The predicted molar refractivity (Wildman–Crippen MR) is 133 cm³/mol. The Balaban J connectivity index is 1.52. The molecule has 0 radical (unpaired) electrons. The second-order valence-electron chi connectivity index (χ2n) is 10.6. The number of aliphatic hydroxyl groups is 8. The zero-order valence-electron chi connectivity index (χ0n) is 23.0. The van der Waals surface area contributed by atoms with Crippen molar-refractivity contribution >= 4 is 0 Å². The highest BCUT2D eigenvalue weighted by Crippen LogP contribution is 2.29. The van der Waals surface area contributed by atoms with E-state index in [-0.39, 0.29) is 33.0 Å². The largest absolute Gasteiger partial charge is 0.394 e. The van der Waals surface area contributed by atoms with Gasteiger partial charge in [0.2, 0.25) is 0 Å². The van der Waals surface area contributed by atoms with Gasteiger partial charge in [-0.3, -0.25) is 0 Å². The second kappa shape index (κ2) is 15.7. The smallest absolute Gasteiger partial charge is 0.114 e. The number of rotatable bonds is 13. The summed E-state index contributed by atoms with van der Waals surface area (Å²) in [5, 5.41) is 82.5. The van der Waals surface area contributed by atoms with E-state index in [9.17, 15) is 40.9 Å². The molecule has 0 aromatic carbocycles. The van der Waals surface area contributed by atoms with Crippen molar-refractivity contribution in [1.82, 2.24) is 0 Å².